The Morgan fingerprint density at radius 1 is 1.07 bits per heavy atom. The number of aromatic nitrogens is 1. The van der Waals surface area contributed by atoms with Gasteiger partial charge in [0.05, 0.1) is 16.8 Å². The van der Waals surface area contributed by atoms with E-state index in [4.69, 9.17) is 0 Å². The maximum Gasteiger partial charge on any atom is 0.269 e. The minimum atomic E-state index is -0.529. The van der Waals surface area contributed by atoms with Crippen LogP contribution in [-0.2, 0) is 6.54 Å². The normalized spacial score (nSPS) is 10.3. The number of carbonyl (C=O) groups excluding carboxylic acids is 1. The summed E-state index contributed by atoms with van der Waals surface area (Å²) < 4.78 is 13.6. The average Bonchev–Trinajstić information content (AvgIpc) is 2.68. The Labute approximate surface area is 154 Å². The van der Waals surface area contributed by atoms with E-state index in [1.54, 1.807) is 30.3 Å². The summed E-state index contributed by atoms with van der Waals surface area (Å²) >= 11 is 0. The lowest BCUT2D eigenvalue weighted by atomic mass is 10.2. The summed E-state index contributed by atoms with van der Waals surface area (Å²) in [6.07, 6.45) is 1.47. The number of amides is 1. The zero-order valence-corrected chi connectivity index (χ0v) is 14.1. The van der Waals surface area contributed by atoms with Crippen molar-refractivity contribution in [3.63, 3.8) is 0 Å². The van der Waals surface area contributed by atoms with Crippen molar-refractivity contribution in [2.45, 2.75) is 6.54 Å². The number of anilines is 2. The molecule has 8 heteroatoms. The van der Waals surface area contributed by atoms with E-state index in [9.17, 15) is 19.3 Å². The number of non-ortho nitro benzene ring substituents is 1. The summed E-state index contributed by atoms with van der Waals surface area (Å²) in [6, 6.07) is 15.1. The van der Waals surface area contributed by atoms with Gasteiger partial charge in [-0.25, -0.2) is 9.37 Å². The van der Waals surface area contributed by atoms with E-state index in [1.165, 1.54) is 36.5 Å². The molecule has 0 aliphatic carbocycles. The Balaban J connectivity index is 1.59. The average molecular weight is 366 g/mol. The Kier molecular flexibility index (Phi) is 5.36. The number of nitro groups is 1. The SMILES string of the molecule is O=C(Nc1ccc(NCc2ccccc2F)nc1)c1ccc([N+](=O)[O-])cc1. The molecule has 0 atom stereocenters. The van der Waals surface area contributed by atoms with Gasteiger partial charge in [-0.3, -0.25) is 14.9 Å². The van der Waals surface area contributed by atoms with Crippen LogP contribution >= 0.6 is 0 Å². The first-order chi connectivity index (χ1) is 13.0. The number of nitro benzene ring substituents is 1. The molecule has 0 fully saturated rings. The van der Waals surface area contributed by atoms with Crippen LogP contribution < -0.4 is 10.6 Å². The molecule has 27 heavy (non-hydrogen) atoms. The smallest absolute Gasteiger partial charge is 0.269 e. The van der Waals surface area contributed by atoms with Gasteiger partial charge in [-0.05, 0) is 30.3 Å². The predicted octanol–water partition coefficient (Wildman–Crippen LogP) is 3.99. The molecule has 0 aliphatic heterocycles. The summed E-state index contributed by atoms with van der Waals surface area (Å²) in [7, 11) is 0. The van der Waals surface area contributed by atoms with Crippen molar-refractivity contribution < 1.29 is 14.1 Å². The second-order valence-electron chi connectivity index (χ2n) is 5.64. The Morgan fingerprint density at radius 2 is 1.81 bits per heavy atom. The van der Waals surface area contributed by atoms with Crippen molar-refractivity contribution in [3.8, 4) is 0 Å². The van der Waals surface area contributed by atoms with E-state index in [-0.39, 0.29) is 18.0 Å². The number of halogens is 1. The Bertz CT molecular complexity index is 959. The lowest BCUT2D eigenvalue weighted by Crippen LogP contribution is -2.12. The standard InChI is InChI=1S/C19H15FN4O3/c20-17-4-2-1-3-14(17)11-21-18-10-7-15(12-22-18)23-19(25)13-5-8-16(9-6-13)24(26)27/h1-10,12H,11H2,(H,21,22)(H,23,25). The summed E-state index contributed by atoms with van der Waals surface area (Å²) in [5.74, 6) is -0.165. The number of hydrogen-bond acceptors (Lipinski definition) is 5. The molecule has 136 valence electrons. The lowest BCUT2D eigenvalue weighted by Gasteiger charge is -2.08. The first-order valence-electron chi connectivity index (χ1n) is 8.02. The molecule has 0 unspecified atom stereocenters. The monoisotopic (exact) mass is 366 g/mol. The molecule has 0 saturated carbocycles. The molecule has 2 N–H and O–H groups in total. The van der Waals surface area contributed by atoms with Crippen molar-refractivity contribution in [3.05, 3.63) is 93.9 Å². The van der Waals surface area contributed by atoms with Gasteiger partial charge in [0, 0.05) is 29.8 Å². The number of pyridine rings is 1. The van der Waals surface area contributed by atoms with Crippen molar-refractivity contribution >= 4 is 23.1 Å². The molecule has 1 heterocycles. The van der Waals surface area contributed by atoms with Crippen LogP contribution in [0.1, 0.15) is 15.9 Å². The molecular formula is C19H15FN4O3. The number of nitrogens with zero attached hydrogens (tertiary/aromatic N) is 2. The molecular weight excluding hydrogens is 351 g/mol. The maximum absolute atomic E-state index is 13.6. The molecule has 2 aromatic carbocycles. The van der Waals surface area contributed by atoms with Crippen LogP contribution in [0.15, 0.2) is 66.9 Å². The van der Waals surface area contributed by atoms with Crippen LogP contribution in [0.3, 0.4) is 0 Å². The molecule has 1 amide bonds. The highest BCUT2D eigenvalue weighted by Gasteiger charge is 2.10. The third-order valence-corrected chi connectivity index (χ3v) is 3.78. The van der Waals surface area contributed by atoms with E-state index < -0.39 is 10.8 Å². The van der Waals surface area contributed by atoms with Crippen molar-refractivity contribution in [1.82, 2.24) is 4.98 Å². The molecule has 1 aromatic heterocycles. The van der Waals surface area contributed by atoms with E-state index in [0.717, 1.165) is 0 Å². The van der Waals surface area contributed by atoms with E-state index in [2.05, 4.69) is 15.6 Å². The van der Waals surface area contributed by atoms with Crippen LogP contribution in [0, 0.1) is 15.9 Å². The lowest BCUT2D eigenvalue weighted by molar-refractivity contribution is -0.384. The number of benzene rings is 2. The van der Waals surface area contributed by atoms with Crippen LogP contribution in [0.25, 0.3) is 0 Å². The van der Waals surface area contributed by atoms with Crippen LogP contribution in [0.5, 0.6) is 0 Å². The van der Waals surface area contributed by atoms with E-state index in [0.29, 0.717) is 22.6 Å². The fourth-order valence-electron chi connectivity index (χ4n) is 2.34. The number of rotatable bonds is 6. The Morgan fingerprint density at radius 3 is 2.44 bits per heavy atom. The third kappa shape index (κ3) is 4.63. The summed E-state index contributed by atoms with van der Waals surface area (Å²) in [5, 5.41) is 16.3. The van der Waals surface area contributed by atoms with Gasteiger partial charge in [0.15, 0.2) is 0 Å². The highest BCUT2D eigenvalue weighted by atomic mass is 19.1. The summed E-state index contributed by atoms with van der Waals surface area (Å²) in [6.45, 7) is 0.286. The van der Waals surface area contributed by atoms with Crippen molar-refractivity contribution in [2.75, 3.05) is 10.6 Å². The quantitative estimate of drug-likeness (QED) is 0.508. The zero-order valence-electron chi connectivity index (χ0n) is 14.1. The molecule has 7 nitrogen and oxygen atoms in total. The molecule has 3 rings (SSSR count). The van der Waals surface area contributed by atoms with E-state index >= 15 is 0 Å². The highest BCUT2D eigenvalue weighted by Crippen LogP contribution is 2.15. The van der Waals surface area contributed by atoms with Gasteiger partial charge in [0.25, 0.3) is 11.6 Å². The predicted molar refractivity (Wildman–Crippen MR) is 99.0 cm³/mol. The van der Waals surface area contributed by atoms with Crippen LogP contribution in [-0.4, -0.2) is 15.8 Å². The van der Waals surface area contributed by atoms with Gasteiger partial charge in [0.2, 0.25) is 0 Å². The largest absolute Gasteiger partial charge is 0.366 e. The molecule has 0 aliphatic rings. The maximum atomic E-state index is 13.6. The first-order valence-corrected chi connectivity index (χ1v) is 8.02. The van der Waals surface area contributed by atoms with Gasteiger partial charge in [0.1, 0.15) is 11.6 Å². The van der Waals surface area contributed by atoms with Crippen LogP contribution in [0.2, 0.25) is 0 Å². The molecule has 0 saturated heterocycles. The van der Waals surface area contributed by atoms with Gasteiger partial charge in [-0.1, -0.05) is 18.2 Å². The number of carbonyl (C=O) groups is 1. The van der Waals surface area contributed by atoms with Gasteiger partial charge in [-0.15, -0.1) is 0 Å². The highest BCUT2D eigenvalue weighted by molar-refractivity contribution is 6.04. The van der Waals surface area contributed by atoms with Gasteiger partial charge < -0.3 is 10.6 Å². The number of nitrogens with one attached hydrogen (secondary N) is 2. The fourth-order valence-corrected chi connectivity index (χ4v) is 2.34. The first kappa shape index (κ1) is 18.0. The molecule has 0 radical (unpaired) electrons. The molecule has 3 aromatic rings. The molecule has 0 bridgehead atoms. The van der Waals surface area contributed by atoms with Gasteiger partial charge in [-0.2, -0.15) is 0 Å². The molecule has 0 spiro atoms. The van der Waals surface area contributed by atoms with Crippen molar-refractivity contribution in [2.24, 2.45) is 0 Å². The summed E-state index contributed by atoms with van der Waals surface area (Å²) in [4.78, 5) is 26.4. The van der Waals surface area contributed by atoms with Crippen LogP contribution in [0.4, 0.5) is 21.6 Å². The fraction of sp³-hybridized carbons (Fsp3) is 0.0526. The number of hydrogen-bond donors (Lipinski definition) is 2. The topological polar surface area (TPSA) is 97.2 Å². The van der Waals surface area contributed by atoms with Gasteiger partial charge >= 0.3 is 0 Å². The minimum absolute atomic E-state index is 0.0847. The zero-order chi connectivity index (χ0) is 19.2. The summed E-state index contributed by atoms with van der Waals surface area (Å²) in [5.41, 5.74) is 1.20. The second kappa shape index (κ2) is 8.05. The third-order valence-electron chi connectivity index (χ3n) is 3.78. The second-order valence-corrected chi connectivity index (χ2v) is 5.64. The van der Waals surface area contributed by atoms with Crippen molar-refractivity contribution in [1.29, 1.82) is 0 Å². The Hall–Kier alpha value is -3.81. The van der Waals surface area contributed by atoms with E-state index in [1.807, 2.05) is 0 Å². The minimum Gasteiger partial charge on any atom is -0.366 e.